The van der Waals surface area contributed by atoms with Crippen molar-refractivity contribution in [1.82, 2.24) is 15.6 Å². The van der Waals surface area contributed by atoms with Gasteiger partial charge in [0, 0.05) is 42.8 Å². The van der Waals surface area contributed by atoms with Crippen LogP contribution in [0.25, 0.3) is 11.0 Å². The van der Waals surface area contributed by atoms with E-state index >= 15 is 0 Å². The Labute approximate surface area is 169 Å². The summed E-state index contributed by atoms with van der Waals surface area (Å²) < 4.78 is 20.0. The molecule has 0 aliphatic carbocycles. The first kappa shape index (κ1) is 19.2. The van der Waals surface area contributed by atoms with Gasteiger partial charge in [-0.25, -0.2) is 14.4 Å². The molecule has 1 atom stereocenters. The Morgan fingerprint density at radius 2 is 2.17 bits per heavy atom. The number of guanidine groups is 1. The predicted molar refractivity (Wildman–Crippen MR) is 114 cm³/mol. The highest BCUT2D eigenvalue weighted by Gasteiger charge is 2.26. The van der Waals surface area contributed by atoms with E-state index in [0.717, 1.165) is 47.8 Å². The van der Waals surface area contributed by atoms with Gasteiger partial charge in [-0.15, -0.1) is 0 Å². The summed E-state index contributed by atoms with van der Waals surface area (Å²) in [5.74, 6) is 1.73. The number of aryl methyl sites for hydroxylation is 1. The lowest BCUT2D eigenvalue weighted by molar-refractivity contribution is 0.546. The third-order valence-electron chi connectivity index (χ3n) is 5.24. The predicted octanol–water partition coefficient (Wildman–Crippen LogP) is 3.61. The van der Waals surface area contributed by atoms with Crippen LogP contribution in [0, 0.1) is 12.7 Å². The van der Waals surface area contributed by atoms with E-state index in [2.05, 4.69) is 28.6 Å². The summed E-state index contributed by atoms with van der Waals surface area (Å²) in [6.45, 7) is 6.76. The molecule has 0 spiro atoms. The summed E-state index contributed by atoms with van der Waals surface area (Å²) in [7, 11) is 0. The molecule has 3 heterocycles. The summed E-state index contributed by atoms with van der Waals surface area (Å²) in [5.41, 5.74) is 2.01. The number of aromatic nitrogens is 1. The maximum absolute atomic E-state index is 14.0. The largest absolute Gasteiger partial charge is 0.459 e. The van der Waals surface area contributed by atoms with Crippen molar-refractivity contribution in [1.29, 1.82) is 0 Å². The van der Waals surface area contributed by atoms with Gasteiger partial charge in [-0.2, -0.15) is 0 Å². The molecule has 1 aliphatic heterocycles. The zero-order chi connectivity index (χ0) is 20.2. The molecule has 1 aliphatic rings. The van der Waals surface area contributed by atoms with Crippen LogP contribution in [0.2, 0.25) is 0 Å². The molecular weight excluding hydrogens is 369 g/mol. The van der Waals surface area contributed by atoms with Crippen molar-refractivity contribution in [2.45, 2.75) is 32.9 Å². The Morgan fingerprint density at radius 1 is 1.31 bits per heavy atom. The number of furan rings is 1. The van der Waals surface area contributed by atoms with E-state index in [9.17, 15) is 4.39 Å². The summed E-state index contributed by atoms with van der Waals surface area (Å²) in [6, 6.07) is 11.3. The molecule has 3 aromatic rings. The Bertz CT molecular complexity index is 1020. The zero-order valence-corrected chi connectivity index (χ0v) is 16.8. The fraction of sp³-hybridized carbons (Fsp3) is 0.364. The molecular formula is C22H26FN5O. The molecule has 0 bridgehead atoms. The molecule has 0 radical (unpaired) electrons. The fourth-order valence-corrected chi connectivity index (χ4v) is 3.72. The molecule has 2 N–H and O–H groups in total. The molecule has 7 heteroatoms. The molecule has 4 rings (SSSR count). The van der Waals surface area contributed by atoms with Crippen molar-refractivity contribution in [3.63, 3.8) is 0 Å². The average molecular weight is 395 g/mol. The van der Waals surface area contributed by atoms with E-state index in [1.54, 1.807) is 12.3 Å². The third kappa shape index (κ3) is 4.18. The molecule has 1 fully saturated rings. The topological polar surface area (TPSA) is 65.7 Å². The van der Waals surface area contributed by atoms with Gasteiger partial charge in [0.1, 0.15) is 17.9 Å². The molecule has 0 saturated carbocycles. The van der Waals surface area contributed by atoms with Gasteiger partial charge < -0.3 is 20.0 Å². The van der Waals surface area contributed by atoms with Gasteiger partial charge in [-0.1, -0.05) is 18.2 Å². The van der Waals surface area contributed by atoms with Crippen LogP contribution in [0.4, 0.5) is 10.2 Å². The molecule has 1 saturated heterocycles. The number of nitrogens with one attached hydrogen (secondary N) is 2. The SMILES string of the molecule is CCNC(=NCc1oc2ccccc2c1C)NC1CCN(c2ncccc2F)C1. The normalized spacial score (nSPS) is 17.1. The molecule has 152 valence electrons. The van der Waals surface area contributed by atoms with Crippen LogP contribution in [0.3, 0.4) is 0 Å². The molecule has 1 aromatic carbocycles. The van der Waals surface area contributed by atoms with Gasteiger partial charge in [-0.3, -0.25) is 0 Å². The highest BCUT2D eigenvalue weighted by Crippen LogP contribution is 2.25. The third-order valence-corrected chi connectivity index (χ3v) is 5.24. The van der Waals surface area contributed by atoms with Gasteiger partial charge in [0.15, 0.2) is 17.6 Å². The first-order valence-corrected chi connectivity index (χ1v) is 10.0. The first-order valence-electron chi connectivity index (χ1n) is 10.0. The van der Waals surface area contributed by atoms with E-state index in [-0.39, 0.29) is 11.9 Å². The second kappa shape index (κ2) is 8.51. The smallest absolute Gasteiger partial charge is 0.191 e. The lowest BCUT2D eigenvalue weighted by Gasteiger charge is -2.19. The van der Waals surface area contributed by atoms with Crippen LogP contribution in [-0.4, -0.2) is 36.6 Å². The Balaban J connectivity index is 1.44. The summed E-state index contributed by atoms with van der Waals surface area (Å²) in [6.07, 6.45) is 2.52. The Morgan fingerprint density at radius 3 is 2.97 bits per heavy atom. The molecule has 6 nitrogen and oxygen atoms in total. The molecule has 1 unspecified atom stereocenters. The van der Waals surface area contributed by atoms with Crippen molar-refractivity contribution in [2.75, 3.05) is 24.5 Å². The number of benzene rings is 1. The lowest BCUT2D eigenvalue weighted by Crippen LogP contribution is -2.44. The molecule has 29 heavy (non-hydrogen) atoms. The van der Waals surface area contributed by atoms with Crippen LogP contribution >= 0.6 is 0 Å². The molecule has 2 aromatic heterocycles. The number of nitrogens with zero attached hydrogens (tertiary/aromatic N) is 3. The standard InChI is InChI=1S/C22H26FN5O/c1-3-24-22(26-13-20-15(2)17-7-4-5-9-19(17)29-20)27-16-10-12-28(14-16)21-18(23)8-6-11-25-21/h4-9,11,16H,3,10,12-14H2,1-2H3,(H2,24,26,27). The lowest BCUT2D eigenvalue weighted by atomic mass is 10.1. The highest BCUT2D eigenvalue weighted by atomic mass is 19.1. The van der Waals surface area contributed by atoms with Gasteiger partial charge in [0.25, 0.3) is 0 Å². The van der Waals surface area contributed by atoms with Crippen LogP contribution in [0.1, 0.15) is 24.7 Å². The van der Waals surface area contributed by atoms with Gasteiger partial charge in [0.2, 0.25) is 0 Å². The monoisotopic (exact) mass is 395 g/mol. The van der Waals surface area contributed by atoms with E-state index in [0.29, 0.717) is 18.9 Å². The summed E-state index contributed by atoms with van der Waals surface area (Å²) >= 11 is 0. The highest BCUT2D eigenvalue weighted by molar-refractivity contribution is 5.82. The van der Waals surface area contributed by atoms with Crippen LogP contribution in [-0.2, 0) is 6.54 Å². The number of hydrogen-bond donors (Lipinski definition) is 2. The minimum absolute atomic E-state index is 0.172. The number of pyridine rings is 1. The van der Waals surface area contributed by atoms with Crippen molar-refractivity contribution in [3.8, 4) is 0 Å². The fourth-order valence-electron chi connectivity index (χ4n) is 3.72. The average Bonchev–Trinajstić information content (AvgIpc) is 3.31. The second-order valence-corrected chi connectivity index (χ2v) is 7.23. The minimum atomic E-state index is -0.283. The number of fused-ring (bicyclic) bond motifs is 1. The summed E-state index contributed by atoms with van der Waals surface area (Å²) in [4.78, 5) is 10.9. The Hall–Kier alpha value is -3.09. The van der Waals surface area contributed by atoms with Gasteiger partial charge in [0.05, 0.1) is 0 Å². The first-order chi connectivity index (χ1) is 14.2. The summed E-state index contributed by atoms with van der Waals surface area (Å²) in [5, 5.41) is 7.88. The minimum Gasteiger partial charge on any atom is -0.459 e. The van der Waals surface area contributed by atoms with Gasteiger partial charge >= 0.3 is 0 Å². The van der Waals surface area contributed by atoms with Crippen molar-refractivity contribution >= 4 is 22.7 Å². The second-order valence-electron chi connectivity index (χ2n) is 7.23. The number of hydrogen-bond acceptors (Lipinski definition) is 4. The van der Waals surface area contributed by atoms with E-state index in [1.807, 2.05) is 30.0 Å². The number of para-hydroxylation sites is 1. The van der Waals surface area contributed by atoms with Crippen LogP contribution in [0.15, 0.2) is 52.0 Å². The van der Waals surface area contributed by atoms with Crippen molar-refractivity contribution in [3.05, 3.63) is 59.7 Å². The van der Waals surface area contributed by atoms with E-state index in [4.69, 9.17) is 9.41 Å². The number of halogens is 1. The number of anilines is 1. The zero-order valence-electron chi connectivity index (χ0n) is 16.8. The van der Waals surface area contributed by atoms with Gasteiger partial charge in [-0.05, 0) is 38.5 Å². The van der Waals surface area contributed by atoms with Crippen molar-refractivity contribution in [2.24, 2.45) is 4.99 Å². The van der Waals surface area contributed by atoms with Crippen LogP contribution < -0.4 is 15.5 Å². The maximum atomic E-state index is 14.0. The number of rotatable bonds is 5. The van der Waals surface area contributed by atoms with E-state index < -0.39 is 0 Å². The Kier molecular flexibility index (Phi) is 5.64. The molecule has 0 amide bonds. The quantitative estimate of drug-likeness (QED) is 0.510. The van der Waals surface area contributed by atoms with Crippen LogP contribution in [0.5, 0.6) is 0 Å². The maximum Gasteiger partial charge on any atom is 0.191 e. The van der Waals surface area contributed by atoms with E-state index in [1.165, 1.54) is 6.07 Å². The van der Waals surface area contributed by atoms with Crippen molar-refractivity contribution < 1.29 is 8.81 Å². The number of aliphatic imine (C=N–C) groups is 1.